The molecule has 0 saturated carbocycles. The van der Waals surface area contributed by atoms with Gasteiger partial charge < -0.3 is 0 Å². The number of aryl methyl sites for hydroxylation is 2. The van der Waals surface area contributed by atoms with Gasteiger partial charge in [0.1, 0.15) is 0 Å². The Balaban J connectivity index is 2.10. The third-order valence-corrected chi connectivity index (χ3v) is 3.99. The van der Waals surface area contributed by atoms with Crippen molar-refractivity contribution in [2.75, 3.05) is 6.54 Å². The quantitative estimate of drug-likeness (QED) is 0.832. The first-order valence-corrected chi connectivity index (χ1v) is 7.14. The van der Waals surface area contributed by atoms with E-state index in [2.05, 4.69) is 41.1 Å². The summed E-state index contributed by atoms with van der Waals surface area (Å²) in [4.78, 5) is 6.75. The fraction of sp³-hybridized carbons (Fsp3) is 0.538. The predicted molar refractivity (Wildman–Crippen MR) is 74.6 cm³/mol. The van der Waals surface area contributed by atoms with Crippen LogP contribution in [0.5, 0.6) is 0 Å². The SMILES string of the molecule is CCN(Cc1cscn1)Cc1c(C)nn(C)c1C. The minimum Gasteiger partial charge on any atom is -0.293 e. The van der Waals surface area contributed by atoms with E-state index in [0.29, 0.717) is 0 Å². The Morgan fingerprint density at radius 1 is 1.33 bits per heavy atom. The Morgan fingerprint density at radius 3 is 2.61 bits per heavy atom. The highest BCUT2D eigenvalue weighted by Crippen LogP contribution is 2.16. The summed E-state index contributed by atoms with van der Waals surface area (Å²) in [5.41, 5.74) is 6.77. The predicted octanol–water partition coefficient (Wildman–Crippen LogP) is 2.52. The molecule has 0 bridgehead atoms. The Labute approximate surface area is 112 Å². The summed E-state index contributed by atoms with van der Waals surface area (Å²) < 4.78 is 1.96. The zero-order valence-electron chi connectivity index (χ0n) is 11.5. The first-order valence-electron chi connectivity index (χ1n) is 6.20. The lowest BCUT2D eigenvalue weighted by Gasteiger charge is -2.19. The number of aromatic nitrogens is 3. The molecule has 4 nitrogen and oxygen atoms in total. The minimum atomic E-state index is 0.910. The first-order chi connectivity index (χ1) is 8.61. The van der Waals surface area contributed by atoms with Gasteiger partial charge in [0.25, 0.3) is 0 Å². The third kappa shape index (κ3) is 2.79. The summed E-state index contributed by atoms with van der Waals surface area (Å²) in [6, 6.07) is 0. The summed E-state index contributed by atoms with van der Waals surface area (Å²) in [6.45, 7) is 9.27. The number of thiazole rings is 1. The van der Waals surface area contributed by atoms with Crippen molar-refractivity contribution in [2.24, 2.45) is 7.05 Å². The molecule has 0 amide bonds. The normalized spacial score (nSPS) is 11.4. The molecule has 0 aliphatic carbocycles. The molecule has 2 aromatic heterocycles. The maximum atomic E-state index is 4.47. The largest absolute Gasteiger partial charge is 0.293 e. The van der Waals surface area contributed by atoms with Gasteiger partial charge in [0.15, 0.2) is 0 Å². The van der Waals surface area contributed by atoms with Crippen LogP contribution < -0.4 is 0 Å². The molecule has 2 heterocycles. The van der Waals surface area contributed by atoms with E-state index in [0.717, 1.165) is 31.0 Å². The van der Waals surface area contributed by atoms with Crippen LogP contribution in [-0.2, 0) is 20.1 Å². The highest BCUT2D eigenvalue weighted by molar-refractivity contribution is 7.07. The minimum absolute atomic E-state index is 0.910. The van der Waals surface area contributed by atoms with Gasteiger partial charge in [0, 0.05) is 36.8 Å². The second-order valence-corrected chi connectivity index (χ2v) is 5.27. The van der Waals surface area contributed by atoms with Crippen LogP contribution in [0.4, 0.5) is 0 Å². The molecule has 0 fully saturated rings. The van der Waals surface area contributed by atoms with E-state index >= 15 is 0 Å². The molecule has 0 aromatic carbocycles. The molecule has 0 N–H and O–H groups in total. The highest BCUT2D eigenvalue weighted by Gasteiger charge is 2.13. The Hall–Kier alpha value is -1.20. The second-order valence-electron chi connectivity index (χ2n) is 4.56. The molecule has 0 spiro atoms. The molecular weight excluding hydrogens is 244 g/mol. The molecule has 98 valence electrons. The van der Waals surface area contributed by atoms with Gasteiger partial charge in [-0.1, -0.05) is 6.92 Å². The van der Waals surface area contributed by atoms with E-state index in [4.69, 9.17) is 0 Å². The van der Waals surface area contributed by atoms with E-state index in [1.165, 1.54) is 11.3 Å². The van der Waals surface area contributed by atoms with E-state index in [9.17, 15) is 0 Å². The van der Waals surface area contributed by atoms with Gasteiger partial charge in [-0.25, -0.2) is 4.98 Å². The van der Waals surface area contributed by atoms with E-state index in [-0.39, 0.29) is 0 Å². The van der Waals surface area contributed by atoms with E-state index < -0.39 is 0 Å². The molecule has 0 atom stereocenters. The average molecular weight is 264 g/mol. The van der Waals surface area contributed by atoms with Gasteiger partial charge in [0.05, 0.1) is 16.9 Å². The molecule has 18 heavy (non-hydrogen) atoms. The maximum absolute atomic E-state index is 4.47. The van der Waals surface area contributed by atoms with Crippen LogP contribution in [0.3, 0.4) is 0 Å². The molecule has 0 saturated heterocycles. The molecule has 5 heteroatoms. The highest BCUT2D eigenvalue weighted by atomic mass is 32.1. The first kappa shape index (κ1) is 13.2. The molecule has 0 aliphatic rings. The van der Waals surface area contributed by atoms with E-state index in [1.807, 2.05) is 17.2 Å². The fourth-order valence-corrected chi connectivity index (χ4v) is 2.64. The number of nitrogens with zero attached hydrogens (tertiary/aromatic N) is 4. The van der Waals surface area contributed by atoms with Gasteiger partial charge in [-0.05, 0) is 20.4 Å². The average Bonchev–Trinajstić information content (AvgIpc) is 2.92. The van der Waals surface area contributed by atoms with Gasteiger partial charge in [0.2, 0.25) is 0 Å². The summed E-state index contributed by atoms with van der Waals surface area (Å²) in [5.74, 6) is 0. The number of hydrogen-bond donors (Lipinski definition) is 0. The lowest BCUT2D eigenvalue weighted by atomic mass is 10.2. The lowest BCUT2D eigenvalue weighted by Crippen LogP contribution is -2.23. The van der Waals surface area contributed by atoms with Crippen LogP contribution in [0.2, 0.25) is 0 Å². The van der Waals surface area contributed by atoms with Gasteiger partial charge in [-0.2, -0.15) is 5.10 Å². The van der Waals surface area contributed by atoms with Crippen molar-refractivity contribution in [3.8, 4) is 0 Å². The van der Waals surface area contributed by atoms with Crippen molar-refractivity contribution in [3.63, 3.8) is 0 Å². The van der Waals surface area contributed by atoms with Crippen molar-refractivity contribution in [3.05, 3.63) is 33.5 Å². The summed E-state index contributed by atoms with van der Waals surface area (Å²) in [5, 5.41) is 6.59. The van der Waals surface area contributed by atoms with E-state index in [1.54, 1.807) is 11.3 Å². The third-order valence-electron chi connectivity index (χ3n) is 3.36. The fourth-order valence-electron chi connectivity index (χ4n) is 2.09. The van der Waals surface area contributed by atoms with Crippen LogP contribution in [0.1, 0.15) is 29.6 Å². The van der Waals surface area contributed by atoms with Crippen LogP contribution in [0.15, 0.2) is 10.9 Å². The number of hydrogen-bond acceptors (Lipinski definition) is 4. The lowest BCUT2D eigenvalue weighted by molar-refractivity contribution is 0.267. The molecule has 0 unspecified atom stereocenters. The topological polar surface area (TPSA) is 34.0 Å². The summed E-state index contributed by atoms with van der Waals surface area (Å²) in [6.07, 6.45) is 0. The molecular formula is C13H20N4S. The van der Waals surface area contributed by atoms with Crippen LogP contribution in [-0.4, -0.2) is 26.2 Å². The van der Waals surface area contributed by atoms with Crippen molar-refractivity contribution in [1.82, 2.24) is 19.7 Å². The molecule has 0 radical (unpaired) electrons. The molecule has 2 aromatic rings. The summed E-state index contributed by atoms with van der Waals surface area (Å²) >= 11 is 1.65. The van der Waals surface area contributed by atoms with Gasteiger partial charge >= 0.3 is 0 Å². The monoisotopic (exact) mass is 264 g/mol. The van der Waals surface area contributed by atoms with Crippen LogP contribution >= 0.6 is 11.3 Å². The van der Waals surface area contributed by atoms with Crippen LogP contribution in [0, 0.1) is 13.8 Å². The Morgan fingerprint density at radius 2 is 2.11 bits per heavy atom. The van der Waals surface area contributed by atoms with Crippen molar-refractivity contribution in [1.29, 1.82) is 0 Å². The molecule has 2 rings (SSSR count). The molecule has 0 aliphatic heterocycles. The van der Waals surface area contributed by atoms with Crippen molar-refractivity contribution >= 4 is 11.3 Å². The standard InChI is InChI=1S/C13H20N4S/c1-5-17(6-12-8-18-9-14-12)7-13-10(2)15-16(4)11(13)3/h8-9H,5-7H2,1-4H3. The zero-order valence-corrected chi connectivity index (χ0v) is 12.3. The van der Waals surface area contributed by atoms with Crippen LogP contribution in [0.25, 0.3) is 0 Å². The zero-order chi connectivity index (χ0) is 13.1. The second kappa shape index (κ2) is 5.63. The van der Waals surface area contributed by atoms with Crippen molar-refractivity contribution in [2.45, 2.75) is 33.9 Å². The maximum Gasteiger partial charge on any atom is 0.0795 e. The Bertz CT molecular complexity index is 501. The smallest absolute Gasteiger partial charge is 0.0795 e. The summed E-state index contributed by atoms with van der Waals surface area (Å²) in [7, 11) is 2.00. The van der Waals surface area contributed by atoms with Gasteiger partial charge in [-0.3, -0.25) is 9.58 Å². The van der Waals surface area contributed by atoms with Gasteiger partial charge in [-0.15, -0.1) is 11.3 Å². The number of rotatable bonds is 5. The van der Waals surface area contributed by atoms with Crippen molar-refractivity contribution < 1.29 is 0 Å². The Kier molecular flexibility index (Phi) is 4.14.